The van der Waals surface area contributed by atoms with E-state index in [-0.39, 0.29) is 6.04 Å². The second-order valence-corrected chi connectivity index (χ2v) is 3.95. The van der Waals surface area contributed by atoms with Crippen molar-refractivity contribution in [2.45, 2.75) is 26.3 Å². The van der Waals surface area contributed by atoms with Crippen molar-refractivity contribution in [3.8, 4) is 5.75 Å². The highest BCUT2D eigenvalue weighted by molar-refractivity contribution is 5.35. The number of methoxy groups -OCH3 is 1. The van der Waals surface area contributed by atoms with Crippen molar-refractivity contribution in [2.75, 3.05) is 13.7 Å². The Morgan fingerprint density at radius 3 is 2.75 bits per heavy atom. The first kappa shape index (κ1) is 12.8. The summed E-state index contributed by atoms with van der Waals surface area (Å²) in [5.41, 5.74) is 2.41. The number of ether oxygens (including phenoxy) is 1. The van der Waals surface area contributed by atoms with Crippen LogP contribution in [0.3, 0.4) is 0 Å². The Morgan fingerprint density at radius 1 is 1.44 bits per heavy atom. The summed E-state index contributed by atoms with van der Waals surface area (Å²) in [5.74, 6) is 0.935. The van der Waals surface area contributed by atoms with Gasteiger partial charge in [0.1, 0.15) is 5.75 Å². The van der Waals surface area contributed by atoms with Crippen molar-refractivity contribution < 1.29 is 4.74 Å². The van der Waals surface area contributed by atoms with Gasteiger partial charge < -0.3 is 10.1 Å². The van der Waals surface area contributed by atoms with Crippen molar-refractivity contribution in [3.05, 3.63) is 42.0 Å². The Labute approximate surface area is 98.3 Å². The fourth-order valence-corrected chi connectivity index (χ4v) is 1.56. The monoisotopic (exact) mass is 219 g/mol. The zero-order valence-electron chi connectivity index (χ0n) is 10.4. The van der Waals surface area contributed by atoms with Crippen LogP contribution in [0.25, 0.3) is 0 Å². The minimum absolute atomic E-state index is 0.277. The molecular formula is C14H21NO. The maximum Gasteiger partial charge on any atom is 0.123 e. The molecule has 0 saturated carbocycles. The van der Waals surface area contributed by atoms with E-state index in [4.69, 9.17) is 4.74 Å². The Bertz CT molecular complexity index is 346. The molecule has 0 spiro atoms. The summed E-state index contributed by atoms with van der Waals surface area (Å²) in [6.45, 7) is 9.11. The van der Waals surface area contributed by atoms with E-state index >= 15 is 0 Å². The number of para-hydroxylation sites is 1. The molecule has 0 aromatic heterocycles. The Morgan fingerprint density at radius 2 is 2.12 bits per heavy atom. The number of hydrogen-bond donors (Lipinski definition) is 1. The highest BCUT2D eigenvalue weighted by atomic mass is 16.5. The Balaban J connectivity index is 2.65. The van der Waals surface area contributed by atoms with Crippen LogP contribution < -0.4 is 10.1 Å². The molecule has 0 aliphatic heterocycles. The van der Waals surface area contributed by atoms with Crippen molar-refractivity contribution in [1.29, 1.82) is 0 Å². The van der Waals surface area contributed by atoms with Gasteiger partial charge in [-0.15, -0.1) is 0 Å². The highest BCUT2D eigenvalue weighted by Crippen LogP contribution is 2.24. The van der Waals surface area contributed by atoms with E-state index in [1.165, 1.54) is 11.1 Å². The van der Waals surface area contributed by atoms with Gasteiger partial charge in [-0.1, -0.05) is 37.3 Å². The first-order valence-electron chi connectivity index (χ1n) is 5.72. The lowest BCUT2D eigenvalue weighted by Crippen LogP contribution is -2.21. The molecule has 0 unspecified atom stereocenters. The molecule has 16 heavy (non-hydrogen) atoms. The molecule has 0 aliphatic rings. The normalized spacial score (nSPS) is 12.2. The van der Waals surface area contributed by atoms with Gasteiger partial charge in [0.15, 0.2) is 0 Å². The van der Waals surface area contributed by atoms with Gasteiger partial charge in [0.25, 0.3) is 0 Å². The van der Waals surface area contributed by atoms with Crippen molar-refractivity contribution in [2.24, 2.45) is 0 Å². The van der Waals surface area contributed by atoms with E-state index in [1.54, 1.807) is 7.11 Å². The number of hydrogen-bond acceptors (Lipinski definition) is 2. The van der Waals surface area contributed by atoms with E-state index in [2.05, 4.69) is 31.8 Å². The topological polar surface area (TPSA) is 21.3 Å². The van der Waals surface area contributed by atoms with E-state index in [1.807, 2.05) is 18.2 Å². The van der Waals surface area contributed by atoms with Gasteiger partial charge in [0.05, 0.1) is 7.11 Å². The van der Waals surface area contributed by atoms with Gasteiger partial charge in [-0.25, -0.2) is 0 Å². The first-order chi connectivity index (χ1) is 7.69. The summed E-state index contributed by atoms with van der Waals surface area (Å²) < 4.78 is 5.34. The van der Waals surface area contributed by atoms with Crippen LogP contribution in [0.15, 0.2) is 36.4 Å². The first-order valence-corrected chi connectivity index (χ1v) is 5.72. The van der Waals surface area contributed by atoms with Gasteiger partial charge in [0.2, 0.25) is 0 Å². The molecule has 2 heteroatoms. The number of benzene rings is 1. The maximum absolute atomic E-state index is 5.34. The summed E-state index contributed by atoms with van der Waals surface area (Å²) in [5, 5.41) is 3.44. The predicted octanol–water partition coefficient (Wildman–Crippen LogP) is 3.31. The third kappa shape index (κ3) is 3.38. The highest BCUT2D eigenvalue weighted by Gasteiger charge is 2.09. The molecular weight excluding hydrogens is 198 g/mol. The summed E-state index contributed by atoms with van der Waals surface area (Å²) in [7, 11) is 1.70. The van der Waals surface area contributed by atoms with Crippen LogP contribution in [0.5, 0.6) is 5.75 Å². The minimum atomic E-state index is 0.277. The molecule has 1 rings (SSSR count). The van der Waals surface area contributed by atoms with Gasteiger partial charge >= 0.3 is 0 Å². The molecule has 0 radical (unpaired) electrons. The van der Waals surface area contributed by atoms with Crippen LogP contribution >= 0.6 is 0 Å². The van der Waals surface area contributed by atoms with Crippen LogP contribution in [0.4, 0.5) is 0 Å². The van der Waals surface area contributed by atoms with Crippen molar-refractivity contribution in [3.63, 3.8) is 0 Å². The molecule has 0 amide bonds. The van der Waals surface area contributed by atoms with Crippen LogP contribution in [0.1, 0.15) is 31.9 Å². The second kappa shape index (κ2) is 6.33. The van der Waals surface area contributed by atoms with Gasteiger partial charge in [0, 0.05) is 18.2 Å². The van der Waals surface area contributed by atoms with Crippen LogP contribution in [-0.2, 0) is 0 Å². The van der Waals surface area contributed by atoms with Crippen LogP contribution in [-0.4, -0.2) is 13.7 Å². The summed E-state index contributed by atoms with van der Waals surface area (Å²) >= 11 is 0. The molecule has 1 N–H and O–H groups in total. The predicted molar refractivity (Wildman–Crippen MR) is 68.8 cm³/mol. The molecule has 0 heterocycles. The van der Waals surface area contributed by atoms with Crippen LogP contribution in [0, 0.1) is 0 Å². The summed E-state index contributed by atoms with van der Waals surface area (Å²) in [6, 6.07) is 8.37. The number of nitrogens with one attached hydrogen (secondary N) is 1. The third-order valence-corrected chi connectivity index (χ3v) is 2.76. The van der Waals surface area contributed by atoms with E-state index in [0.717, 1.165) is 18.7 Å². The lowest BCUT2D eigenvalue weighted by Gasteiger charge is -2.17. The van der Waals surface area contributed by atoms with E-state index in [9.17, 15) is 0 Å². The summed E-state index contributed by atoms with van der Waals surface area (Å²) in [4.78, 5) is 0. The second-order valence-electron chi connectivity index (χ2n) is 3.95. The lowest BCUT2D eigenvalue weighted by atomic mass is 10.1. The smallest absolute Gasteiger partial charge is 0.123 e. The van der Waals surface area contributed by atoms with Crippen LogP contribution in [0.2, 0.25) is 0 Å². The van der Waals surface area contributed by atoms with E-state index < -0.39 is 0 Å². The molecule has 0 saturated heterocycles. The zero-order valence-corrected chi connectivity index (χ0v) is 10.4. The Hall–Kier alpha value is -1.28. The quantitative estimate of drug-likeness (QED) is 0.741. The SMILES string of the molecule is C=C(CC)CN[C@H](C)c1ccccc1OC. The minimum Gasteiger partial charge on any atom is -0.496 e. The number of rotatable bonds is 6. The third-order valence-electron chi connectivity index (χ3n) is 2.76. The van der Waals surface area contributed by atoms with Crippen molar-refractivity contribution in [1.82, 2.24) is 5.32 Å². The molecule has 1 aromatic rings. The van der Waals surface area contributed by atoms with E-state index in [0.29, 0.717) is 0 Å². The fraction of sp³-hybridized carbons (Fsp3) is 0.429. The average Bonchev–Trinajstić information content (AvgIpc) is 2.35. The molecule has 88 valence electrons. The lowest BCUT2D eigenvalue weighted by molar-refractivity contribution is 0.402. The molecule has 0 aliphatic carbocycles. The molecule has 0 bridgehead atoms. The van der Waals surface area contributed by atoms with Crippen molar-refractivity contribution >= 4 is 0 Å². The molecule has 2 nitrogen and oxygen atoms in total. The maximum atomic E-state index is 5.34. The molecule has 1 atom stereocenters. The van der Waals surface area contributed by atoms with Gasteiger partial charge in [-0.05, 0) is 19.4 Å². The Kier molecular flexibility index (Phi) is 5.06. The van der Waals surface area contributed by atoms with Gasteiger partial charge in [-0.2, -0.15) is 0 Å². The zero-order chi connectivity index (χ0) is 12.0. The largest absolute Gasteiger partial charge is 0.496 e. The molecule has 0 fully saturated rings. The summed E-state index contributed by atoms with van der Waals surface area (Å²) in [6.07, 6.45) is 1.02. The molecule has 1 aromatic carbocycles. The standard InChI is InChI=1S/C14H21NO/c1-5-11(2)10-15-12(3)13-8-6-7-9-14(13)16-4/h6-9,12,15H,2,5,10H2,1,3-4H3/t12-/m1/s1. The fourth-order valence-electron chi connectivity index (χ4n) is 1.56. The average molecular weight is 219 g/mol. The van der Waals surface area contributed by atoms with Gasteiger partial charge in [-0.3, -0.25) is 0 Å².